The van der Waals surface area contributed by atoms with E-state index in [1.807, 2.05) is 17.7 Å². The van der Waals surface area contributed by atoms with Gasteiger partial charge in [0.25, 0.3) is 0 Å². The summed E-state index contributed by atoms with van der Waals surface area (Å²) in [4.78, 5) is 28.4. The number of carboxylic acids is 1. The normalized spacial score (nSPS) is 19.6. The Balaban J connectivity index is 1.56. The first-order valence-electron chi connectivity index (χ1n) is 9.27. The second-order valence-electron chi connectivity index (χ2n) is 6.77. The Morgan fingerprint density at radius 3 is 3.00 bits per heavy atom. The van der Waals surface area contributed by atoms with Gasteiger partial charge in [0.2, 0.25) is 11.7 Å². The fraction of sp³-hybridized carbons (Fsp3) is 0.350. The Labute approximate surface area is 161 Å². The molecule has 2 aromatic heterocycles. The highest BCUT2D eigenvalue weighted by Gasteiger charge is 2.35. The fourth-order valence-corrected chi connectivity index (χ4v) is 3.61. The van der Waals surface area contributed by atoms with E-state index in [4.69, 9.17) is 14.3 Å². The first kappa shape index (κ1) is 18.2. The van der Waals surface area contributed by atoms with Gasteiger partial charge in [0, 0.05) is 36.6 Å². The lowest BCUT2D eigenvalue weighted by molar-refractivity contribution is -0.130. The molecule has 0 spiro atoms. The third-order valence-electron chi connectivity index (χ3n) is 5.00. The zero-order valence-electron chi connectivity index (χ0n) is 15.4. The van der Waals surface area contributed by atoms with Crippen LogP contribution in [0.1, 0.15) is 42.2 Å². The van der Waals surface area contributed by atoms with Gasteiger partial charge in [-0.25, -0.2) is 9.78 Å². The number of hydrogen-bond donors (Lipinski definition) is 2. The molecule has 1 saturated heterocycles. The van der Waals surface area contributed by atoms with E-state index in [2.05, 4.69) is 10.3 Å². The van der Waals surface area contributed by atoms with Crippen LogP contribution in [0.25, 0.3) is 11.0 Å². The number of anilines is 1. The van der Waals surface area contributed by atoms with Gasteiger partial charge in [-0.05, 0) is 44.0 Å². The van der Waals surface area contributed by atoms with Gasteiger partial charge < -0.3 is 24.1 Å². The molecule has 3 aromatic rings. The fourth-order valence-electron chi connectivity index (χ4n) is 3.61. The van der Waals surface area contributed by atoms with Crippen LogP contribution in [0, 0.1) is 5.92 Å². The first-order chi connectivity index (χ1) is 13.6. The quantitative estimate of drug-likeness (QED) is 0.699. The van der Waals surface area contributed by atoms with Gasteiger partial charge in [-0.2, -0.15) is 0 Å². The maximum atomic E-state index is 13.0. The Morgan fingerprint density at radius 2 is 2.21 bits per heavy atom. The molecule has 0 unspecified atom stereocenters. The molecule has 146 valence electrons. The number of aromatic nitrogens is 2. The molecule has 28 heavy (non-hydrogen) atoms. The van der Waals surface area contributed by atoms with Crippen LogP contribution in [-0.2, 0) is 16.1 Å². The highest BCUT2D eigenvalue weighted by atomic mass is 16.5. The number of nitrogens with one attached hydrogen (secondary N) is 1. The summed E-state index contributed by atoms with van der Waals surface area (Å²) < 4.78 is 13.2. The molecule has 0 aliphatic carbocycles. The van der Waals surface area contributed by atoms with E-state index >= 15 is 0 Å². The SMILES string of the molecule is CCn1ccnc1[C@@H]1OCCC[C@H]1C(=O)Nc1ccc2oc(C(=O)O)cc2c1. The van der Waals surface area contributed by atoms with Crippen LogP contribution in [-0.4, -0.2) is 33.1 Å². The van der Waals surface area contributed by atoms with E-state index in [1.54, 1.807) is 24.4 Å². The van der Waals surface area contributed by atoms with E-state index in [9.17, 15) is 9.59 Å². The van der Waals surface area contributed by atoms with Gasteiger partial charge >= 0.3 is 5.97 Å². The summed E-state index contributed by atoms with van der Waals surface area (Å²) in [5.41, 5.74) is 1.04. The highest BCUT2D eigenvalue weighted by Crippen LogP contribution is 2.34. The average Bonchev–Trinajstić information content (AvgIpc) is 3.34. The van der Waals surface area contributed by atoms with Gasteiger partial charge in [0.15, 0.2) is 0 Å². The summed E-state index contributed by atoms with van der Waals surface area (Å²) in [7, 11) is 0. The maximum Gasteiger partial charge on any atom is 0.371 e. The summed E-state index contributed by atoms with van der Waals surface area (Å²) in [5, 5.41) is 12.6. The molecular formula is C20H21N3O5. The van der Waals surface area contributed by atoms with Crippen molar-refractivity contribution in [2.24, 2.45) is 5.92 Å². The van der Waals surface area contributed by atoms with Crippen molar-refractivity contribution in [2.45, 2.75) is 32.4 Å². The maximum absolute atomic E-state index is 13.0. The number of benzene rings is 1. The Bertz CT molecular complexity index is 1020. The van der Waals surface area contributed by atoms with Crippen molar-refractivity contribution in [3.63, 3.8) is 0 Å². The number of aryl methyl sites for hydroxylation is 1. The van der Waals surface area contributed by atoms with Gasteiger partial charge in [-0.15, -0.1) is 0 Å². The topological polar surface area (TPSA) is 107 Å². The monoisotopic (exact) mass is 383 g/mol. The molecule has 1 amide bonds. The zero-order chi connectivity index (χ0) is 19.7. The minimum absolute atomic E-state index is 0.134. The number of carboxylic acid groups (broad SMARTS) is 1. The van der Waals surface area contributed by atoms with Crippen molar-refractivity contribution in [2.75, 3.05) is 11.9 Å². The van der Waals surface area contributed by atoms with Crippen LogP contribution in [0.15, 0.2) is 41.1 Å². The zero-order valence-corrected chi connectivity index (χ0v) is 15.4. The average molecular weight is 383 g/mol. The van der Waals surface area contributed by atoms with Crippen molar-refractivity contribution in [1.29, 1.82) is 0 Å². The summed E-state index contributed by atoms with van der Waals surface area (Å²) in [6.07, 6.45) is 4.74. The number of furan rings is 1. The van der Waals surface area contributed by atoms with Crippen LogP contribution in [0.5, 0.6) is 0 Å². The summed E-state index contributed by atoms with van der Waals surface area (Å²) in [6.45, 7) is 3.38. The molecule has 0 bridgehead atoms. The van der Waals surface area contributed by atoms with Crippen LogP contribution in [0.2, 0.25) is 0 Å². The number of nitrogens with zero attached hydrogens (tertiary/aromatic N) is 2. The predicted molar refractivity (Wildman–Crippen MR) is 101 cm³/mol. The number of hydrogen-bond acceptors (Lipinski definition) is 5. The van der Waals surface area contributed by atoms with Crippen LogP contribution < -0.4 is 5.32 Å². The number of fused-ring (bicyclic) bond motifs is 1. The molecule has 1 aliphatic heterocycles. The molecule has 4 rings (SSSR count). The van der Waals surface area contributed by atoms with E-state index in [0.29, 0.717) is 29.7 Å². The minimum Gasteiger partial charge on any atom is -0.475 e. The standard InChI is InChI=1S/C20H21N3O5/c1-2-23-8-7-21-18(23)17-14(4-3-9-27-17)19(24)22-13-5-6-15-12(10-13)11-16(28-15)20(25)26/h5-8,10-11,14,17H,2-4,9H2,1H3,(H,22,24)(H,25,26)/t14-,17-/m1/s1. The molecular weight excluding hydrogens is 362 g/mol. The van der Waals surface area contributed by atoms with E-state index < -0.39 is 5.97 Å². The number of carbonyl (C=O) groups excluding carboxylic acids is 1. The van der Waals surface area contributed by atoms with Crippen molar-refractivity contribution >= 4 is 28.5 Å². The number of carbonyl (C=O) groups is 2. The van der Waals surface area contributed by atoms with Crippen molar-refractivity contribution in [3.8, 4) is 0 Å². The third kappa shape index (κ3) is 3.38. The molecule has 0 radical (unpaired) electrons. The molecule has 1 fully saturated rings. The lowest BCUT2D eigenvalue weighted by Gasteiger charge is -2.30. The Kier molecular flexibility index (Phi) is 4.87. The smallest absolute Gasteiger partial charge is 0.371 e. The molecule has 0 saturated carbocycles. The largest absolute Gasteiger partial charge is 0.475 e. The molecule has 1 aromatic carbocycles. The van der Waals surface area contributed by atoms with Crippen LogP contribution in [0.3, 0.4) is 0 Å². The van der Waals surface area contributed by atoms with E-state index in [1.165, 1.54) is 6.07 Å². The summed E-state index contributed by atoms with van der Waals surface area (Å²) in [5.74, 6) is -0.993. The van der Waals surface area contributed by atoms with Crippen molar-refractivity contribution < 1.29 is 23.8 Å². The van der Waals surface area contributed by atoms with Crippen LogP contribution in [0.4, 0.5) is 5.69 Å². The minimum atomic E-state index is -1.13. The molecule has 8 nitrogen and oxygen atoms in total. The Hall–Kier alpha value is -3.13. The van der Waals surface area contributed by atoms with Crippen molar-refractivity contribution in [3.05, 3.63) is 48.2 Å². The summed E-state index contributed by atoms with van der Waals surface area (Å²) in [6, 6.07) is 6.49. The lowest BCUT2D eigenvalue weighted by atomic mass is 9.92. The van der Waals surface area contributed by atoms with Crippen molar-refractivity contribution in [1.82, 2.24) is 9.55 Å². The van der Waals surface area contributed by atoms with E-state index in [0.717, 1.165) is 18.8 Å². The van der Waals surface area contributed by atoms with Crippen LogP contribution >= 0.6 is 0 Å². The number of amides is 1. The Morgan fingerprint density at radius 1 is 1.36 bits per heavy atom. The molecule has 1 aliphatic rings. The number of ether oxygens (including phenoxy) is 1. The predicted octanol–water partition coefficient (Wildman–Crippen LogP) is 3.45. The van der Waals surface area contributed by atoms with Gasteiger partial charge in [0.1, 0.15) is 17.5 Å². The lowest BCUT2D eigenvalue weighted by Crippen LogP contribution is -2.34. The molecule has 2 N–H and O–H groups in total. The van der Waals surface area contributed by atoms with E-state index in [-0.39, 0.29) is 23.7 Å². The number of rotatable bonds is 5. The molecule has 8 heteroatoms. The molecule has 2 atom stereocenters. The second kappa shape index (κ2) is 7.47. The van der Waals surface area contributed by atoms with Gasteiger partial charge in [-0.1, -0.05) is 0 Å². The first-order valence-corrected chi connectivity index (χ1v) is 9.27. The summed E-state index contributed by atoms with van der Waals surface area (Å²) >= 11 is 0. The second-order valence-corrected chi connectivity index (χ2v) is 6.77. The van der Waals surface area contributed by atoms with Gasteiger partial charge in [0.05, 0.1) is 5.92 Å². The van der Waals surface area contributed by atoms with Gasteiger partial charge in [-0.3, -0.25) is 4.79 Å². The highest BCUT2D eigenvalue weighted by molar-refractivity contribution is 5.97. The number of imidazole rings is 1. The number of aromatic carboxylic acids is 1. The third-order valence-corrected chi connectivity index (χ3v) is 5.00. The molecule has 3 heterocycles.